The van der Waals surface area contributed by atoms with Crippen LogP contribution in [-0.2, 0) is 14.2 Å². The van der Waals surface area contributed by atoms with Gasteiger partial charge in [-0.3, -0.25) is 0 Å². The molecule has 0 aromatic heterocycles. The van der Waals surface area contributed by atoms with Gasteiger partial charge >= 0.3 is 18.1 Å². The zero-order valence-electron chi connectivity index (χ0n) is 11.9. The van der Waals surface area contributed by atoms with Crippen molar-refractivity contribution in [3.8, 4) is 0 Å². The summed E-state index contributed by atoms with van der Waals surface area (Å²) < 4.78 is 80.6. The van der Waals surface area contributed by atoms with Crippen molar-refractivity contribution in [1.29, 1.82) is 0 Å². The molecule has 3 nitrogen and oxygen atoms in total. The molecular weight excluding hydrogens is 287 g/mol. The lowest BCUT2D eigenvalue weighted by atomic mass is 10.2. The Kier molecular flexibility index (Phi) is 7.90. The van der Waals surface area contributed by atoms with E-state index < -0.39 is 37.9 Å². The van der Waals surface area contributed by atoms with Gasteiger partial charge in [-0.05, 0) is 19.3 Å². The van der Waals surface area contributed by atoms with Gasteiger partial charge in [-0.1, -0.05) is 20.8 Å². The average molecular weight is 308 g/mol. The van der Waals surface area contributed by atoms with E-state index in [0.29, 0.717) is 0 Å². The second kappa shape index (κ2) is 8.09. The number of hydrogen-bond acceptors (Lipinski definition) is 3. The molecule has 0 unspecified atom stereocenters. The maximum Gasteiger partial charge on any atom is 0.423 e. The van der Waals surface area contributed by atoms with Gasteiger partial charge in [-0.15, -0.1) is 0 Å². The van der Waals surface area contributed by atoms with E-state index in [2.05, 4.69) is 14.2 Å². The Morgan fingerprint density at radius 3 is 1.20 bits per heavy atom. The van der Waals surface area contributed by atoms with Gasteiger partial charge in [-0.25, -0.2) is 0 Å². The molecule has 0 fully saturated rings. The van der Waals surface area contributed by atoms with Gasteiger partial charge in [-0.2, -0.15) is 22.0 Å². The molecule has 0 aliphatic rings. The molecule has 0 aromatic rings. The van der Waals surface area contributed by atoms with Crippen LogP contribution in [-0.4, -0.2) is 37.9 Å². The minimum atomic E-state index is -4.82. The number of rotatable bonds is 11. The van der Waals surface area contributed by atoms with Crippen LogP contribution in [0.15, 0.2) is 0 Å². The molecule has 122 valence electrons. The summed E-state index contributed by atoms with van der Waals surface area (Å²) >= 11 is 0. The van der Waals surface area contributed by atoms with Gasteiger partial charge < -0.3 is 14.2 Å². The van der Waals surface area contributed by atoms with Crippen molar-refractivity contribution in [2.75, 3.05) is 19.8 Å². The van der Waals surface area contributed by atoms with Crippen molar-refractivity contribution in [3.05, 3.63) is 0 Å². The number of ether oxygens (including phenoxy) is 3. The second-order valence-corrected chi connectivity index (χ2v) is 4.17. The summed E-state index contributed by atoms with van der Waals surface area (Å²) in [4.78, 5) is 0. The fraction of sp³-hybridized carbons (Fsp3) is 1.00. The van der Waals surface area contributed by atoms with Crippen LogP contribution in [0.4, 0.5) is 22.0 Å². The molecule has 0 amide bonds. The first-order chi connectivity index (χ1) is 9.18. The molecule has 0 N–H and O–H groups in total. The maximum atomic E-state index is 14.2. The van der Waals surface area contributed by atoms with Crippen LogP contribution in [0.25, 0.3) is 0 Å². The molecule has 0 saturated heterocycles. The van der Waals surface area contributed by atoms with Crippen molar-refractivity contribution in [3.63, 3.8) is 0 Å². The van der Waals surface area contributed by atoms with E-state index in [9.17, 15) is 22.0 Å². The summed E-state index contributed by atoms with van der Waals surface area (Å²) in [5.41, 5.74) is 0. The zero-order valence-corrected chi connectivity index (χ0v) is 11.9. The van der Waals surface area contributed by atoms with Crippen LogP contribution in [0, 0.1) is 0 Å². The largest absolute Gasteiger partial charge is 0.423 e. The Bertz CT molecular complexity index is 254. The third-order valence-corrected chi connectivity index (χ3v) is 2.23. The van der Waals surface area contributed by atoms with Gasteiger partial charge in [0.05, 0.1) is 19.8 Å². The quantitative estimate of drug-likeness (QED) is 0.537. The van der Waals surface area contributed by atoms with E-state index in [1.165, 1.54) is 20.8 Å². The average Bonchev–Trinajstić information content (AvgIpc) is 2.39. The van der Waals surface area contributed by atoms with Gasteiger partial charge in [0.25, 0.3) is 0 Å². The highest BCUT2D eigenvalue weighted by atomic mass is 19.3. The summed E-state index contributed by atoms with van der Waals surface area (Å²) in [7, 11) is 0. The summed E-state index contributed by atoms with van der Waals surface area (Å²) in [6.07, 6.45) is -9.34. The van der Waals surface area contributed by atoms with Crippen LogP contribution < -0.4 is 0 Å². The first kappa shape index (κ1) is 19.5. The van der Waals surface area contributed by atoms with Gasteiger partial charge in [0.1, 0.15) is 0 Å². The third kappa shape index (κ3) is 4.53. The summed E-state index contributed by atoms with van der Waals surface area (Å²) in [5.74, 6) is -4.67. The zero-order chi connectivity index (χ0) is 15.9. The van der Waals surface area contributed by atoms with Gasteiger partial charge in [0.2, 0.25) is 0 Å². The van der Waals surface area contributed by atoms with Crippen molar-refractivity contribution < 1.29 is 36.2 Å². The van der Waals surface area contributed by atoms with E-state index in [1.807, 2.05) is 0 Å². The molecule has 0 heterocycles. The number of halogens is 5. The molecule has 0 aromatic carbocycles. The SMILES string of the molecule is CCCOC(F)(F)C(F)(OCCC)C(F)(F)OCCC. The smallest absolute Gasteiger partial charge is 0.332 e. The van der Waals surface area contributed by atoms with E-state index in [-0.39, 0.29) is 19.3 Å². The van der Waals surface area contributed by atoms with E-state index in [1.54, 1.807) is 0 Å². The normalized spacial score (nSPS) is 13.8. The minimum Gasteiger partial charge on any atom is -0.332 e. The number of alkyl halides is 5. The molecular formula is C12H21F5O3. The van der Waals surface area contributed by atoms with Crippen LogP contribution in [0.2, 0.25) is 0 Å². The highest BCUT2D eigenvalue weighted by molar-refractivity contribution is 4.87. The molecule has 0 atom stereocenters. The van der Waals surface area contributed by atoms with E-state index in [0.717, 1.165) is 0 Å². The fourth-order valence-electron chi connectivity index (χ4n) is 1.23. The lowest BCUT2D eigenvalue weighted by molar-refractivity contribution is -0.481. The fourth-order valence-corrected chi connectivity index (χ4v) is 1.23. The van der Waals surface area contributed by atoms with Crippen molar-refractivity contribution in [1.82, 2.24) is 0 Å². The highest BCUT2D eigenvalue weighted by Gasteiger charge is 2.74. The molecule has 0 aliphatic carbocycles. The van der Waals surface area contributed by atoms with Crippen LogP contribution in [0.1, 0.15) is 40.0 Å². The Morgan fingerprint density at radius 1 is 0.600 bits per heavy atom. The van der Waals surface area contributed by atoms with Crippen molar-refractivity contribution in [2.24, 2.45) is 0 Å². The molecule has 0 spiro atoms. The monoisotopic (exact) mass is 308 g/mol. The Labute approximate surface area is 115 Å². The van der Waals surface area contributed by atoms with Crippen LogP contribution >= 0.6 is 0 Å². The van der Waals surface area contributed by atoms with Gasteiger partial charge in [0, 0.05) is 0 Å². The standard InChI is InChI=1S/C12H21F5O3/c1-4-7-18-10(13,11(14,15)19-8-5-2)12(16,17)20-9-6-3/h4-9H2,1-3H3. The topological polar surface area (TPSA) is 27.7 Å². The second-order valence-electron chi connectivity index (χ2n) is 4.17. The van der Waals surface area contributed by atoms with E-state index in [4.69, 9.17) is 0 Å². The summed E-state index contributed by atoms with van der Waals surface area (Å²) in [6.45, 7) is 2.64. The Morgan fingerprint density at radius 2 is 0.900 bits per heavy atom. The molecule has 0 bridgehead atoms. The minimum absolute atomic E-state index is 0.0827. The summed E-state index contributed by atoms with van der Waals surface area (Å²) in [5, 5.41) is 0. The lowest BCUT2D eigenvalue weighted by Gasteiger charge is -2.37. The van der Waals surface area contributed by atoms with Gasteiger partial charge in [0.15, 0.2) is 0 Å². The predicted molar refractivity (Wildman–Crippen MR) is 62.5 cm³/mol. The van der Waals surface area contributed by atoms with Crippen LogP contribution in [0.3, 0.4) is 0 Å². The molecule has 0 rings (SSSR count). The lowest BCUT2D eigenvalue weighted by Crippen LogP contribution is -2.61. The predicted octanol–water partition coefficient (Wildman–Crippen LogP) is 4.12. The molecule has 20 heavy (non-hydrogen) atoms. The van der Waals surface area contributed by atoms with E-state index >= 15 is 0 Å². The molecule has 0 aliphatic heterocycles. The first-order valence-corrected chi connectivity index (χ1v) is 6.54. The van der Waals surface area contributed by atoms with Crippen LogP contribution in [0.5, 0.6) is 0 Å². The maximum absolute atomic E-state index is 14.2. The van der Waals surface area contributed by atoms with Crippen molar-refractivity contribution in [2.45, 2.75) is 58.1 Å². The third-order valence-electron chi connectivity index (χ3n) is 2.23. The summed E-state index contributed by atoms with van der Waals surface area (Å²) in [6, 6.07) is 0. The Hall–Kier alpha value is -0.470. The Balaban J connectivity index is 5.24. The molecule has 0 saturated carbocycles. The highest BCUT2D eigenvalue weighted by Crippen LogP contribution is 2.46. The van der Waals surface area contributed by atoms with Crippen molar-refractivity contribution >= 4 is 0 Å². The molecule has 0 radical (unpaired) electrons. The molecule has 8 heteroatoms. The number of hydrogen-bond donors (Lipinski definition) is 0. The first-order valence-electron chi connectivity index (χ1n) is 6.54.